The Labute approximate surface area is 150 Å². The van der Waals surface area contributed by atoms with Crippen LogP contribution in [0.5, 0.6) is 0 Å². The van der Waals surface area contributed by atoms with Crippen LogP contribution in [0.1, 0.15) is 37.7 Å². The summed E-state index contributed by atoms with van der Waals surface area (Å²) < 4.78 is 0. The van der Waals surface area contributed by atoms with E-state index in [1.165, 1.54) is 5.69 Å². The lowest BCUT2D eigenvalue weighted by Gasteiger charge is -2.33. The van der Waals surface area contributed by atoms with Gasteiger partial charge in [0.25, 0.3) is 0 Å². The fourth-order valence-corrected chi connectivity index (χ4v) is 3.54. The average molecular weight is 343 g/mol. The van der Waals surface area contributed by atoms with Gasteiger partial charge < -0.3 is 20.6 Å². The molecule has 2 amide bonds. The molecule has 25 heavy (non-hydrogen) atoms. The smallest absolute Gasteiger partial charge is 0.315 e. The minimum Gasteiger partial charge on any atom is -0.396 e. The maximum absolute atomic E-state index is 12.0. The van der Waals surface area contributed by atoms with Gasteiger partial charge in [0.05, 0.1) is 0 Å². The summed E-state index contributed by atoms with van der Waals surface area (Å²) >= 11 is 0. The number of hydrogen-bond donors (Lipinski definition) is 3. The molecular formula is C20H29N3O2. The van der Waals surface area contributed by atoms with Crippen LogP contribution in [0.15, 0.2) is 36.4 Å². The van der Waals surface area contributed by atoms with E-state index in [0.29, 0.717) is 19.1 Å². The number of rotatable bonds is 5. The fraction of sp³-hybridized carbons (Fsp3) is 0.550. The topological polar surface area (TPSA) is 64.6 Å². The first-order valence-electron chi connectivity index (χ1n) is 9.38. The molecule has 1 heterocycles. The van der Waals surface area contributed by atoms with E-state index in [2.05, 4.69) is 52.0 Å². The number of nitrogens with zero attached hydrogens (tertiary/aromatic N) is 1. The molecule has 1 aromatic carbocycles. The predicted octanol–water partition coefficient (Wildman–Crippen LogP) is 2.80. The van der Waals surface area contributed by atoms with Crippen LogP contribution in [-0.2, 0) is 6.54 Å². The Balaban J connectivity index is 1.43. The van der Waals surface area contributed by atoms with E-state index in [1.54, 1.807) is 0 Å². The molecule has 3 N–H and O–H groups in total. The molecule has 5 nitrogen and oxygen atoms in total. The Morgan fingerprint density at radius 2 is 1.88 bits per heavy atom. The Kier molecular flexibility index (Phi) is 6.34. The second-order valence-corrected chi connectivity index (χ2v) is 7.09. The van der Waals surface area contributed by atoms with Gasteiger partial charge in [0.1, 0.15) is 0 Å². The molecule has 1 aliphatic carbocycles. The highest BCUT2D eigenvalue weighted by molar-refractivity contribution is 5.74. The van der Waals surface area contributed by atoms with Crippen LogP contribution in [-0.4, -0.2) is 36.9 Å². The van der Waals surface area contributed by atoms with Crippen molar-refractivity contribution in [2.24, 2.45) is 5.92 Å². The lowest BCUT2D eigenvalue weighted by Crippen LogP contribution is -2.42. The SMILES string of the molecule is O=C(NCc1ccc(N2CCC(CO)CC2)cc1)NC1CC=CCC1. The van der Waals surface area contributed by atoms with Crippen LogP contribution in [0.4, 0.5) is 10.5 Å². The summed E-state index contributed by atoms with van der Waals surface area (Å²) in [7, 11) is 0. The number of aliphatic hydroxyl groups is 1. The molecule has 2 aliphatic rings. The van der Waals surface area contributed by atoms with Crippen molar-refractivity contribution in [3.05, 3.63) is 42.0 Å². The second kappa shape index (κ2) is 8.90. The van der Waals surface area contributed by atoms with E-state index in [9.17, 15) is 9.90 Å². The summed E-state index contributed by atoms with van der Waals surface area (Å²) in [6.07, 6.45) is 9.40. The molecule has 0 radical (unpaired) electrons. The van der Waals surface area contributed by atoms with E-state index in [-0.39, 0.29) is 12.1 Å². The van der Waals surface area contributed by atoms with Crippen molar-refractivity contribution in [2.45, 2.75) is 44.7 Å². The third-order valence-corrected chi connectivity index (χ3v) is 5.23. The summed E-state index contributed by atoms with van der Waals surface area (Å²) in [6.45, 7) is 2.85. The quantitative estimate of drug-likeness (QED) is 0.720. The lowest BCUT2D eigenvalue weighted by molar-refractivity contribution is 0.203. The van der Waals surface area contributed by atoms with Gasteiger partial charge in [0, 0.05) is 38.0 Å². The summed E-state index contributed by atoms with van der Waals surface area (Å²) in [4.78, 5) is 14.4. The van der Waals surface area contributed by atoms with Crippen LogP contribution >= 0.6 is 0 Å². The Morgan fingerprint density at radius 3 is 2.52 bits per heavy atom. The number of carbonyl (C=O) groups excluding carboxylic acids is 1. The maximum atomic E-state index is 12.0. The molecule has 1 aromatic rings. The lowest BCUT2D eigenvalue weighted by atomic mass is 9.97. The van der Waals surface area contributed by atoms with E-state index in [1.807, 2.05) is 0 Å². The zero-order chi connectivity index (χ0) is 17.5. The van der Waals surface area contributed by atoms with Gasteiger partial charge in [-0.25, -0.2) is 4.79 Å². The maximum Gasteiger partial charge on any atom is 0.315 e. The molecular weight excluding hydrogens is 314 g/mol. The van der Waals surface area contributed by atoms with Crippen LogP contribution in [0.25, 0.3) is 0 Å². The van der Waals surface area contributed by atoms with Gasteiger partial charge in [-0.1, -0.05) is 24.3 Å². The van der Waals surface area contributed by atoms with Crippen LogP contribution < -0.4 is 15.5 Å². The highest BCUT2D eigenvalue weighted by Crippen LogP contribution is 2.23. The number of nitrogens with one attached hydrogen (secondary N) is 2. The summed E-state index contributed by atoms with van der Waals surface area (Å²) in [5.74, 6) is 0.456. The van der Waals surface area contributed by atoms with E-state index in [4.69, 9.17) is 0 Å². The third kappa shape index (κ3) is 5.23. The third-order valence-electron chi connectivity index (χ3n) is 5.23. The van der Waals surface area contributed by atoms with Crippen molar-refractivity contribution in [1.82, 2.24) is 10.6 Å². The summed E-state index contributed by atoms with van der Waals surface area (Å²) in [5.41, 5.74) is 2.33. The van der Waals surface area contributed by atoms with Gasteiger partial charge in [0.2, 0.25) is 0 Å². The minimum atomic E-state index is -0.0875. The van der Waals surface area contributed by atoms with Crippen molar-refractivity contribution in [3.8, 4) is 0 Å². The van der Waals surface area contributed by atoms with Crippen LogP contribution in [0.2, 0.25) is 0 Å². The molecule has 1 atom stereocenters. The molecule has 0 spiro atoms. The molecule has 1 unspecified atom stereocenters. The number of anilines is 1. The van der Waals surface area contributed by atoms with Crippen molar-refractivity contribution in [3.63, 3.8) is 0 Å². The van der Waals surface area contributed by atoms with Crippen molar-refractivity contribution >= 4 is 11.7 Å². The van der Waals surface area contributed by atoms with Gasteiger partial charge in [-0.05, 0) is 55.7 Å². The van der Waals surface area contributed by atoms with Gasteiger partial charge in [-0.15, -0.1) is 0 Å². The van der Waals surface area contributed by atoms with Crippen molar-refractivity contribution < 1.29 is 9.90 Å². The Bertz CT molecular complexity index is 577. The number of piperidine rings is 1. The zero-order valence-corrected chi connectivity index (χ0v) is 14.8. The molecule has 0 bridgehead atoms. The largest absolute Gasteiger partial charge is 0.396 e. The van der Waals surface area contributed by atoms with Gasteiger partial charge in [-0.2, -0.15) is 0 Å². The standard InChI is InChI=1S/C20H29N3O2/c24-15-17-10-12-23(13-11-17)19-8-6-16(7-9-19)14-21-20(25)22-18-4-2-1-3-5-18/h1-2,6-9,17-18,24H,3-5,10-15H2,(H2,21,22,25). The number of urea groups is 1. The Hall–Kier alpha value is -2.01. The molecule has 3 rings (SSSR count). The monoisotopic (exact) mass is 343 g/mol. The van der Waals surface area contributed by atoms with E-state index in [0.717, 1.165) is 50.8 Å². The van der Waals surface area contributed by atoms with E-state index < -0.39 is 0 Å². The number of allylic oxidation sites excluding steroid dienone is 1. The summed E-state index contributed by atoms with van der Waals surface area (Å²) in [6, 6.07) is 8.58. The molecule has 1 fully saturated rings. The van der Waals surface area contributed by atoms with Gasteiger partial charge in [0.15, 0.2) is 0 Å². The number of carbonyl (C=O) groups is 1. The normalized spacial score (nSPS) is 21.2. The molecule has 0 saturated carbocycles. The van der Waals surface area contributed by atoms with Gasteiger partial charge in [-0.3, -0.25) is 0 Å². The number of amides is 2. The first kappa shape index (κ1) is 17.8. The minimum absolute atomic E-state index is 0.0875. The predicted molar refractivity (Wildman–Crippen MR) is 101 cm³/mol. The number of benzene rings is 1. The first-order chi connectivity index (χ1) is 12.2. The molecule has 1 saturated heterocycles. The highest BCUT2D eigenvalue weighted by atomic mass is 16.3. The zero-order valence-electron chi connectivity index (χ0n) is 14.8. The second-order valence-electron chi connectivity index (χ2n) is 7.09. The molecule has 0 aromatic heterocycles. The highest BCUT2D eigenvalue weighted by Gasteiger charge is 2.18. The van der Waals surface area contributed by atoms with E-state index >= 15 is 0 Å². The van der Waals surface area contributed by atoms with Gasteiger partial charge >= 0.3 is 6.03 Å². The van der Waals surface area contributed by atoms with Crippen molar-refractivity contribution in [2.75, 3.05) is 24.6 Å². The van der Waals surface area contributed by atoms with Crippen LogP contribution in [0.3, 0.4) is 0 Å². The van der Waals surface area contributed by atoms with Crippen LogP contribution in [0, 0.1) is 5.92 Å². The number of hydrogen-bond acceptors (Lipinski definition) is 3. The average Bonchev–Trinajstić information content (AvgIpc) is 2.68. The fourth-order valence-electron chi connectivity index (χ4n) is 3.54. The molecule has 136 valence electrons. The van der Waals surface area contributed by atoms with Crippen molar-refractivity contribution in [1.29, 1.82) is 0 Å². The summed E-state index contributed by atoms with van der Waals surface area (Å²) in [5, 5.41) is 15.2. The Morgan fingerprint density at radius 1 is 1.12 bits per heavy atom. The molecule has 1 aliphatic heterocycles. The first-order valence-corrected chi connectivity index (χ1v) is 9.38. The molecule has 5 heteroatoms. The number of aliphatic hydroxyl groups excluding tert-OH is 1.